The maximum absolute atomic E-state index is 13.7. The molecule has 0 spiro atoms. The predicted octanol–water partition coefficient (Wildman–Crippen LogP) is 6.50. The second-order valence-corrected chi connectivity index (χ2v) is 10.3. The topological polar surface area (TPSA) is 49.4 Å². The summed E-state index contributed by atoms with van der Waals surface area (Å²) < 4.78 is 0.981. The quantitative estimate of drug-likeness (QED) is 0.281. The normalized spacial score (nSPS) is 12.6. The first-order valence-electron chi connectivity index (χ1n) is 12.9. The van der Waals surface area contributed by atoms with Gasteiger partial charge in [0.15, 0.2) is 0 Å². The lowest BCUT2D eigenvalue weighted by atomic mass is 10.0. The zero-order chi connectivity index (χ0) is 25.9. The van der Waals surface area contributed by atoms with E-state index in [-0.39, 0.29) is 17.9 Å². The van der Waals surface area contributed by atoms with Gasteiger partial charge in [0, 0.05) is 29.9 Å². The van der Waals surface area contributed by atoms with Crippen LogP contribution >= 0.6 is 15.9 Å². The van der Waals surface area contributed by atoms with E-state index in [9.17, 15) is 9.59 Å². The highest BCUT2D eigenvalue weighted by Crippen LogP contribution is 2.19. The van der Waals surface area contributed by atoms with Gasteiger partial charge in [-0.15, -0.1) is 0 Å². The van der Waals surface area contributed by atoms with Crippen LogP contribution in [0.1, 0.15) is 55.9 Å². The van der Waals surface area contributed by atoms with Gasteiger partial charge in [0.1, 0.15) is 6.04 Å². The molecule has 1 N–H and O–H groups in total. The third kappa shape index (κ3) is 8.34. The first-order chi connectivity index (χ1) is 17.4. The Hall–Kier alpha value is -2.92. The van der Waals surface area contributed by atoms with Gasteiger partial charge >= 0.3 is 0 Å². The number of carbonyl (C=O) groups is 2. The Balaban J connectivity index is 1.88. The lowest BCUT2D eigenvalue weighted by molar-refractivity contribution is -0.141. The van der Waals surface area contributed by atoms with Gasteiger partial charge in [0.25, 0.3) is 0 Å². The molecule has 190 valence electrons. The summed E-state index contributed by atoms with van der Waals surface area (Å²) in [7, 11) is 0. The molecule has 0 saturated heterocycles. The van der Waals surface area contributed by atoms with Crippen LogP contribution in [-0.2, 0) is 35.4 Å². The molecule has 0 fully saturated rings. The third-order valence-corrected chi connectivity index (χ3v) is 7.13. The SMILES string of the molecule is CCc1ccc(CCC(=O)N(Cc2ccc(Br)cc2)[C@@H](Cc2ccccc2)C(=O)N[C@@H](C)CC)cc1. The Labute approximate surface area is 224 Å². The Kier molecular flexibility index (Phi) is 10.7. The minimum Gasteiger partial charge on any atom is -0.352 e. The summed E-state index contributed by atoms with van der Waals surface area (Å²) in [6.07, 6.45) is 3.29. The number of hydrogen-bond donors (Lipinski definition) is 1. The van der Waals surface area contributed by atoms with Crippen LogP contribution < -0.4 is 5.32 Å². The zero-order valence-electron chi connectivity index (χ0n) is 21.5. The molecule has 0 unspecified atom stereocenters. The molecule has 0 aliphatic rings. The van der Waals surface area contributed by atoms with E-state index in [0.717, 1.165) is 34.0 Å². The van der Waals surface area contributed by atoms with E-state index in [1.807, 2.05) is 68.4 Å². The van der Waals surface area contributed by atoms with Crippen LogP contribution in [0, 0.1) is 0 Å². The fourth-order valence-corrected chi connectivity index (χ4v) is 4.38. The molecule has 3 aromatic carbocycles. The monoisotopic (exact) mass is 548 g/mol. The van der Waals surface area contributed by atoms with E-state index >= 15 is 0 Å². The number of hydrogen-bond acceptors (Lipinski definition) is 2. The van der Waals surface area contributed by atoms with Crippen molar-refractivity contribution >= 4 is 27.7 Å². The first kappa shape index (κ1) is 27.7. The van der Waals surface area contributed by atoms with Crippen molar-refractivity contribution in [3.63, 3.8) is 0 Å². The summed E-state index contributed by atoms with van der Waals surface area (Å²) in [4.78, 5) is 29.1. The average molecular weight is 550 g/mol. The summed E-state index contributed by atoms with van der Waals surface area (Å²) in [6, 6.07) is 25.8. The van der Waals surface area contributed by atoms with Crippen LogP contribution in [0.5, 0.6) is 0 Å². The Morgan fingerprint density at radius 3 is 2.06 bits per heavy atom. The van der Waals surface area contributed by atoms with E-state index < -0.39 is 6.04 Å². The third-order valence-electron chi connectivity index (χ3n) is 6.60. The van der Waals surface area contributed by atoms with Crippen LogP contribution in [0.25, 0.3) is 0 Å². The molecular weight excluding hydrogens is 512 g/mol. The highest BCUT2D eigenvalue weighted by Gasteiger charge is 2.30. The fourth-order valence-electron chi connectivity index (χ4n) is 4.12. The molecule has 36 heavy (non-hydrogen) atoms. The highest BCUT2D eigenvalue weighted by atomic mass is 79.9. The maximum atomic E-state index is 13.7. The molecule has 5 heteroatoms. The van der Waals surface area contributed by atoms with E-state index in [1.54, 1.807) is 4.90 Å². The number of halogens is 1. The number of carbonyl (C=O) groups excluding carboxylic acids is 2. The Morgan fingerprint density at radius 2 is 1.44 bits per heavy atom. The predicted molar refractivity (Wildman–Crippen MR) is 151 cm³/mol. The lowest BCUT2D eigenvalue weighted by Crippen LogP contribution is -2.52. The average Bonchev–Trinajstić information content (AvgIpc) is 2.91. The van der Waals surface area contributed by atoms with E-state index in [2.05, 4.69) is 52.4 Å². The van der Waals surface area contributed by atoms with Gasteiger partial charge in [-0.25, -0.2) is 0 Å². The minimum absolute atomic E-state index is 0.0160. The summed E-state index contributed by atoms with van der Waals surface area (Å²) in [6.45, 7) is 6.56. The molecule has 2 amide bonds. The van der Waals surface area contributed by atoms with E-state index in [4.69, 9.17) is 0 Å². The Bertz CT molecular complexity index is 1100. The van der Waals surface area contributed by atoms with Crippen molar-refractivity contribution in [1.82, 2.24) is 10.2 Å². The second kappa shape index (κ2) is 14.0. The van der Waals surface area contributed by atoms with Gasteiger partial charge in [-0.2, -0.15) is 0 Å². The molecule has 0 bridgehead atoms. The van der Waals surface area contributed by atoms with Crippen LogP contribution in [0.15, 0.2) is 83.3 Å². The zero-order valence-corrected chi connectivity index (χ0v) is 23.1. The van der Waals surface area contributed by atoms with E-state index in [0.29, 0.717) is 25.8 Å². The number of rotatable bonds is 12. The van der Waals surface area contributed by atoms with E-state index in [1.165, 1.54) is 5.56 Å². The molecule has 0 saturated carbocycles. The maximum Gasteiger partial charge on any atom is 0.243 e. The van der Waals surface area contributed by atoms with Crippen molar-refractivity contribution in [2.45, 2.75) is 71.5 Å². The molecule has 0 heterocycles. The molecule has 3 rings (SSSR count). The number of aryl methyl sites for hydroxylation is 2. The number of benzene rings is 3. The fraction of sp³-hybridized carbons (Fsp3) is 0.355. The van der Waals surface area contributed by atoms with Crippen molar-refractivity contribution in [1.29, 1.82) is 0 Å². The number of nitrogens with zero attached hydrogens (tertiary/aromatic N) is 1. The largest absolute Gasteiger partial charge is 0.352 e. The van der Waals surface area contributed by atoms with Gasteiger partial charge in [-0.05, 0) is 60.6 Å². The van der Waals surface area contributed by atoms with Crippen LogP contribution in [-0.4, -0.2) is 28.8 Å². The van der Waals surface area contributed by atoms with Crippen molar-refractivity contribution < 1.29 is 9.59 Å². The summed E-state index contributed by atoms with van der Waals surface area (Å²) in [5.74, 6) is -0.122. The van der Waals surface area contributed by atoms with Crippen molar-refractivity contribution in [2.24, 2.45) is 0 Å². The molecule has 2 atom stereocenters. The van der Waals surface area contributed by atoms with Crippen molar-refractivity contribution in [3.8, 4) is 0 Å². The second-order valence-electron chi connectivity index (χ2n) is 9.34. The minimum atomic E-state index is -0.597. The number of nitrogens with one attached hydrogen (secondary N) is 1. The number of amides is 2. The molecular formula is C31H37BrN2O2. The van der Waals surface area contributed by atoms with Crippen molar-refractivity contribution in [2.75, 3.05) is 0 Å². The van der Waals surface area contributed by atoms with Crippen LogP contribution in [0.2, 0.25) is 0 Å². The Morgan fingerprint density at radius 1 is 0.833 bits per heavy atom. The van der Waals surface area contributed by atoms with Gasteiger partial charge in [-0.3, -0.25) is 9.59 Å². The summed E-state index contributed by atoms with van der Waals surface area (Å²) in [5.41, 5.74) is 4.44. The smallest absolute Gasteiger partial charge is 0.243 e. The molecule has 4 nitrogen and oxygen atoms in total. The lowest BCUT2D eigenvalue weighted by Gasteiger charge is -2.32. The standard InChI is InChI=1S/C31H37BrN2O2/c1-4-23(3)33-31(36)29(21-26-9-7-6-8-10-26)34(22-27-15-18-28(32)19-16-27)30(35)20-17-25-13-11-24(5-2)12-14-25/h6-16,18-19,23,29H,4-5,17,20-22H2,1-3H3,(H,33,36)/t23-,29-/m0/s1. The van der Waals surface area contributed by atoms with Crippen LogP contribution in [0.4, 0.5) is 0 Å². The summed E-state index contributed by atoms with van der Waals surface area (Å²) >= 11 is 3.49. The molecule has 3 aromatic rings. The molecule has 0 aliphatic heterocycles. The molecule has 0 aliphatic carbocycles. The van der Waals surface area contributed by atoms with Gasteiger partial charge in [0.2, 0.25) is 11.8 Å². The summed E-state index contributed by atoms with van der Waals surface area (Å²) in [5, 5.41) is 3.13. The molecule has 0 radical (unpaired) electrons. The van der Waals surface area contributed by atoms with Gasteiger partial charge < -0.3 is 10.2 Å². The first-order valence-corrected chi connectivity index (χ1v) is 13.6. The van der Waals surface area contributed by atoms with Crippen LogP contribution in [0.3, 0.4) is 0 Å². The van der Waals surface area contributed by atoms with Crippen molar-refractivity contribution in [3.05, 3.63) is 106 Å². The van der Waals surface area contributed by atoms with Gasteiger partial charge in [-0.1, -0.05) is 96.5 Å². The highest BCUT2D eigenvalue weighted by molar-refractivity contribution is 9.10. The van der Waals surface area contributed by atoms with Gasteiger partial charge in [0.05, 0.1) is 0 Å². The molecule has 0 aromatic heterocycles.